The second-order valence-corrected chi connectivity index (χ2v) is 5.71. The van der Waals surface area contributed by atoms with Crippen LogP contribution in [0.3, 0.4) is 0 Å². The largest absolute Gasteiger partial charge is 0.390 e. The van der Waals surface area contributed by atoms with E-state index in [2.05, 4.69) is 44.2 Å². The van der Waals surface area contributed by atoms with Crippen molar-refractivity contribution in [3.05, 3.63) is 48.0 Å². The number of fused-ring (bicyclic) bond motifs is 1. The average Bonchev–Trinajstić information content (AvgIpc) is 2.26. The molecule has 2 rings (SSSR count). The summed E-state index contributed by atoms with van der Waals surface area (Å²) in [7, 11) is 0. The van der Waals surface area contributed by atoms with Crippen molar-refractivity contribution in [1.29, 1.82) is 0 Å². The topological polar surface area (TPSA) is 20.2 Å². The van der Waals surface area contributed by atoms with Crippen molar-refractivity contribution in [2.24, 2.45) is 0 Å². The molecule has 0 aliphatic heterocycles. The van der Waals surface area contributed by atoms with Crippen LogP contribution in [0.5, 0.6) is 0 Å². The van der Waals surface area contributed by atoms with E-state index in [4.69, 9.17) is 0 Å². The summed E-state index contributed by atoms with van der Waals surface area (Å²) in [4.78, 5) is 0. The lowest BCUT2D eigenvalue weighted by Gasteiger charge is -2.38. The van der Waals surface area contributed by atoms with Crippen LogP contribution in [0.15, 0.2) is 42.5 Å². The van der Waals surface area contributed by atoms with Crippen molar-refractivity contribution in [3.63, 3.8) is 0 Å². The minimum Gasteiger partial charge on any atom is -0.390 e. The Hall–Kier alpha value is -1.34. The van der Waals surface area contributed by atoms with Crippen LogP contribution in [0.2, 0.25) is 0 Å². The molecule has 1 heteroatoms. The summed E-state index contributed by atoms with van der Waals surface area (Å²) in [5.41, 5.74) is 0.161. The zero-order valence-corrected chi connectivity index (χ0v) is 11.0. The number of benzene rings is 2. The van der Waals surface area contributed by atoms with Crippen LogP contribution >= 0.6 is 0 Å². The molecule has 1 nitrogen and oxygen atoms in total. The summed E-state index contributed by atoms with van der Waals surface area (Å²) in [6, 6.07) is 14.6. The van der Waals surface area contributed by atoms with Gasteiger partial charge in [-0.15, -0.1) is 0 Å². The molecule has 90 valence electrons. The van der Waals surface area contributed by atoms with Crippen molar-refractivity contribution in [3.8, 4) is 0 Å². The van der Waals surface area contributed by atoms with E-state index in [1.54, 1.807) is 0 Å². The van der Waals surface area contributed by atoms with Crippen LogP contribution in [-0.2, 0) is 5.41 Å². The molecule has 1 N–H and O–H groups in total. The Bertz CT molecular complexity index is 527. The Morgan fingerprint density at radius 3 is 2.06 bits per heavy atom. The maximum Gasteiger partial charge on any atom is 0.0682 e. The Labute approximate surface area is 103 Å². The lowest BCUT2D eigenvalue weighted by molar-refractivity contribution is 0.0103. The fraction of sp³-hybridized carbons (Fsp3) is 0.375. The van der Waals surface area contributed by atoms with Gasteiger partial charge in [-0.2, -0.15) is 0 Å². The van der Waals surface area contributed by atoms with Crippen LogP contribution in [0.25, 0.3) is 10.8 Å². The average molecular weight is 228 g/mol. The van der Waals surface area contributed by atoms with Gasteiger partial charge in [-0.05, 0) is 30.2 Å². The van der Waals surface area contributed by atoms with Gasteiger partial charge in [0.1, 0.15) is 0 Å². The molecule has 2 aromatic carbocycles. The Balaban J connectivity index is 2.72. The minimum absolute atomic E-state index is 0.284. The van der Waals surface area contributed by atoms with Crippen molar-refractivity contribution in [2.75, 3.05) is 0 Å². The quantitative estimate of drug-likeness (QED) is 0.826. The molecule has 17 heavy (non-hydrogen) atoms. The lowest BCUT2D eigenvalue weighted by Crippen LogP contribution is -2.42. The van der Waals surface area contributed by atoms with Crippen molar-refractivity contribution in [2.45, 2.75) is 38.7 Å². The van der Waals surface area contributed by atoms with Gasteiger partial charge in [0, 0.05) is 5.41 Å². The molecule has 0 unspecified atom stereocenters. The normalized spacial score (nSPS) is 13.0. The van der Waals surface area contributed by atoms with E-state index in [0.29, 0.717) is 0 Å². The second kappa shape index (κ2) is 3.85. The molecule has 0 fully saturated rings. The Morgan fingerprint density at radius 1 is 0.824 bits per heavy atom. The van der Waals surface area contributed by atoms with Crippen LogP contribution in [0.4, 0.5) is 0 Å². The molecule has 0 saturated carbocycles. The molecule has 0 heterocycles. The molecule has 0 bridgehead atoms. The van der Waals surface area contributed by atoms with Crippen LogP contribution < -0.4 is 0 Å². The monoisotopic (exact) mass is 228 g/mol. The fourth-order valence-electron chi connectivity index (χ4n) is 2.10. The molecule has 0 amide bonds. The van der Waals surface area contributed by atoms with Crippen LogP contribution in [0, 0.1) is 0 Å². The highest BCUT2D eigenvalue weighted by atomic mass is 16.3. The summed E-state index contributed by atoms with van der Waals surface area (Å²) < 4.78 is 0. The van der Waals surface area contributed by atoms with Gasteiger partial charge >= 0.3 is 0 Å². The first-order chi connectivity index (χ1) is 7.84. The highest BCUT2D eigenvalue weighted by Crippen LogP contribution is 2.38. The third-order valence-electron chi connectivity index (χ3n) is 3.99. The molecule has 0 aliphatic carbocycles. The number of aliphatic hydroxyl groups is 1. The van der Waals surface area contributed by atoms with E-state index in [9.17, 15) is 5.11 Å². The summed E-state index contributed by atoms with van der Waals surface area (Å²) in [6.07, 6.45) is 0. The third-order valence-corrected chi connectivity index (χ3v) is 3.99. The number of rotatable bonds is 2. The van der Waals surface area contributed by atoms with Gasteiger partial charge in [0.2, 0.25) is 0 Å². The van der Waals surface area contributed by atoms with E-state index < -0.39 is 5.60 Å². The van der Waals surface area contributed by atoms with Gasteiger partial charge in [0.25, 0.3) is 0 Å². The standard InChI is InChI=1S/C16H20O/c1-15(2,16(3,4)17)14-11-7-9-12-8-5-6-10-13(12)14/h5-11,17H,1-4H3. The summed E-state index contributed by atoms with van der Waals surface area (Å²) in [5.74, 6) is 0. The van der Waals surface area contributed by atoms with Crippen molar-refractivity contribution < 1.29 is 5.11 Å². The third kappa shape index (κ3) is 1.96. The lowest BCUT2D eigenvalue weighted by atomic mass is 9.70. The van der Waals surface area contributed by atoms with Crippen LogP contribution in [0.1, 0.15) is 33.3 Å². The summed E-state index contributed by atoms with van der Waals surface area (Å²) in [6.45, 7) is 7.92. The molecule has 0 aliphatic rings. The first-order valence-corrected chi connectivity index (χ1v) is 6.04. The zero-order valence-electron chi connectivity index (χ0n) is 11.0. The molecule has 2 aromatic rings. The molecule has 0 radical (unpaired) electrons. The minimum atomic E-state index is -0.753. The molecule has 0 aromatic heterocycles. The molecule has 0 spiro atoms. The zero-order chi connectivity index (χ0) is 12.7. The van der Waals surface area contributed by atoms with Crippen molar-refractivity contribution in [1.82, 2.24) is 0 Å². The summed E-state index contributed by atoms with van der Waals surface area (Å²) in [5, 5.41) is 12.8. The highest BCUT2D eigenvalue weighted by molar-refractivity contribution is 5.86. The summed E-state index contributed by atoms with van der Waals surface area (Å²) >= 11 is 0. The van der Waals surface area contributed by atoms with Gasteiger partial charge in [-0.1, -0.05) is 56.3 Å². The number of hydrogen-bond acceptors (Lipinski definition) is 1. The van der Waals surface area contributed by atoms with E-state index in [1.807, 2.05) is 26.0 Å². The molecular weight excluding hydrogens is 208 g/mol. The van der Waals surface area contributed by atoms with E-state index in [0.717, 1.165) is 0 Å². The maximum atomic E-state index is 10.4. The predicted molar refractivity (Wildman–Crippen MR) is 73.3 cm³/mol. The Kier molecular flexibility index (Phi) is 2.75. The van der Waals surface area contributed by atoms with Gasteiger partial charge < -0.3 is 5.11 Å². The predicted octanol–water partition coefficient (Wildman–Crippen LogP) is 3.89. The first-order valence-electron chi connectivity index (χ1n) is 6.04. The highest BCUT2D eigenvalue weighted by Gasteiger charge is 2.37. The molecule has 0 atom stereocenters. The smallest absolute Gasteiger partial charge is 0.0682 e. The van der Waals surface area contributed by atoms with E-state index in [-0.39, 0.29) is 5.41 Å². The Morgan fingerprint density at radius 2 is 1.41 bits per heavy atom. The molecular formula is C16H20O. The van der Waals surface area contributed by atoms with Gasteiger partial charge in [0.05, 0.1) is 5.60 Å². The fourth-order valence-corrected chi connectivity index (χ4v) is 2.10. The van der Waals surface area contributed by atoms with Gasteiger partial charge in [0.15, 0.2) is 0 Å². The SMILES string of the molecule is CC(C)(O)C(C)(C)c1cccc2ccccc12. The van der Waals surface area contributed by atoms with Crippen LogP contribution in [-0.4, -0.2) is 10.7 Å². The number of hydrogen-bond donors (Lipinski definition) is 1. The van der Waals surface area contributed by atoms with Crippen molar-refractivity contribution >= 4 is 10.8 Å². The maximum absolute atomic E-state index is 10.4. The second-order valence-electron chi connectivity index (χ2n) is 5.71. The van der Waals surface area contributed by atoms with Gasteiger partial charge in [-0.3, -0.25) is 0 Å². The van der Waals surface area contributed by atoms with E-state index >= 15 is 0 Å². The first kappa shape index (κ1) is 12.1. The van der Waals surface area contributed by atoms with E-state index in [1.165, 1.54) is 16.3 Å². The molecule has 0 saturated heterocycles. The van der Waals surface area contributed by atoms with Gasteiger partial charge in [-0.25, -0.2) is 0 Å².